The third-order valence-electron chi connectivity index (χ3n) is 3.30. The number of nitrogen functional groups attached to an aromatic ring is 1. The number of ether oxygens (including phenoxy) is 1. The third kappa shape index (κ3) is 3.45. The SMILES string of the molecule is Nc1ccc(C(=O)NCC2CCCOC2)cc1[N+](=O)[O-]. The van der Waals surface area contributed by atoms with Crippen molar-refractivity contribution in [2.75, 3.05) is 25.5 Å². The molecule has 0 spiro atoms. The van der Waals surface area contributed by atoms with E-state index in [9.17, 15) is 14.9 Å². The fourth-order valence-corrected chi connectivity index (χ4v) is 2.15. The highest BCUT2D eigenvalue weighted by Gasteiger charge is 2.18. The first-order chi connectivity index (χ1) is 9.58. The number of amides is 1. The van der Waals surface area contributed by atoms with Crippen molar-refractivity contribution in [3.05, 3.63) is 33.9 Å². The molecule has 1 saturated heterocycles. The molecule has 7 heteroatoms. The van der Waals surface area contributed by atoms with E-state index in [-0.39, 0.29) is 22.8 Å². The van der Waals surface area contributed by atoms with Crippen LogP contribution in [0, 0.1) is 16.0 Å². The number of hydrogen-bond donors (Lipinski definition) is 2. The topological polar surface area (TPSA) is 107 Å². The van der Waals surface area contributed by atoms with E-state index in [1.165, 1.54) is 18.2 Å². The Morgan fingerprint density at radius 2 is 2.35 bits per heavy atom. The fourth-order valence-electron chi connectivity index (χ4n) is 2.15. The van der Waals surface area contributed by atoms with E-state index in [0.717, 1.165) is 19.4 Å². The fraction of sp³-hybridized carbons (Fsp3) is 0.462. The first-order valence-corrected chi connectivity index (χ1v) is 6.48. The number of anilines is 1. The Bertz CT molecular complexity index is 512. The molecule has 1 heterocycles. The van der Waals surface area contributed by atoms with E-state index in [1.807, 2.05) is 0 Å². The predicted molar refractivity (Wildman–Crippen MR) is 73.4 cm³/mol. The molecular formula is C13H17N3O4. The molecule has 1 aromatic rings. The smallest absolute Gasteiger partial charge is 0.292 e. The molecule has 1 fully saturated rings. The van der Waals surface area contributed by atoms with Crippen molar-refractivity contribution in [1.82, 2.24) is 5.32 Å². The number of carbonyl (C=O) groups is 1. The number of benzene rings is 1. The van der Waals surface area contributed by atoms with Crippen LogP contribution in [-0.4, -0.2) is 30.6 Å². The summed E-state index contributed by atoms with van der Waals surface area (Å²) in [5, 5.41) is 13.6. The summed E-state index contributed by atoms with van der Waals surface area (Å²) in [4.78, 5) is 22.1. The molecule has 0 aromatic heterocycles. The third-order valence-corrected chi connectivity index (χ3v) is 3.30. The molecule has 108 valence electrons. The zero-order chi connectivity index (χ0) is 14.5. The van der Waals surface area contributed by atoms with Gasteiger partial charge in [0.15, 0.2) is 0 Å². The number of nitro benzene ring substituents is 1. The van der Waals surface area contributed by atoms with E-state index in [4.69, 9.17) is 10.5 Å². The van der Waals surface area contributed by atoms with Crippen molar-refractivity contribution in [2.24, 2.45) is 5.92 Å². The second kappa shape index (κ2) is 6.33. The van der Waals surface area contributed by atoms with E-state index in [0.29, 0.717) is 19.1 Å². The Morgan fingerprint density at radius 1 is 1.55 bits per heavy atom. The van der Waals surface area contributed by atoms with Crippen LogP contribution in [0.4, 0.5) is 11.4 Å². The van der Waals surface area contributed by atoms with Gasteiger partial charge in [0.05, 0.1) is 11.5 Å². The average Bonchev–Trinajstić information content (AvgIpc) is 2.46. The Hall–Kier alpha value is -2.15. The summed E-state index contributed by atoms with van der Waals surface area (Å²) in [6, 6.07) is 4.05. The standard InChI is InChI=1S/C13H17N3O4/c14-11-4-3-10(6-12(11)16(18)19)13(17)15-7-9-2-1-5-20-8-9/h3-4,6,9H,1-2,5,7-8,14H2,(H,15,17). The predicted octanol–water partition coefficient (Wildman–Crippen LogP) is 1.33. The monoisotopic (exact) mass is 279 g/mol. The van der Waals surface area contributed by atoms with E-state index in [1.54, 1.807) is 0 Å². The number of nitrogens with two attached hydrogens (primary N) is 1. The molecule has 1 aliphatic rings. The highest BCUT2D eigenvalue weighted by Crippen LogP contribution is 2.22. The molecule has 1 aliphatic heterocycles. The lowest BCUT2D eigenvalue weighted by Crippen LogP contribution is -2.33. The lowest BCUT2D eigenvalue weighted by atomic mass is 10.0. The molecule has 1 aromatic carbocycles. The molecule has 0 saturated carbocycles. The van der Waals surface area contributed by atoms with Crippen LogP contribution >= 0.6 is 0 Å². The number of hydrogen-bond acceptors (Lipinski definition) is 5. The van der Waals surface area contributed by atoms with Gasteiger partial charge in [-0.3, -0.25) is 14.9 Å². The van der Waals surface area contributed by atoms with Crippen molar-refractivity contribution in [2.45, 2.75) is 12.8 Å². The van der Waals surface area contributed by atoms with Gasteiger partial charge in [-0.05, 0) is 30.9 Å². The normalized spacial score (nSPS) is 18.5. The minimum absolute atomic E-state index is 0.0484. The van der Waals surface area contributed by atoms with Gasteiger partial charge in [0, 0.05) is 24.8 Å². The molecule has 1 atom stereocenters. The van der Waals surface area contributed by atoms with Gasteiger partial charge in [0.2, 0.25) is 0 Å². The van der Waals surface area contributed by atoms with Gasteiger partial charge in [-0.2, -0.15) is 0 Å². The molecule has 0 bridgehead atoms. The highest BCUT2D eigenvalue weighted by atomic mass is 16.6. The van der Waals surface area contributed by atoms with Crippen molar-refractivity contribution >= 4 is 17.3 Å². The summed E-state index contributed by atoms with van der Waals surface area (Å²) < 4.78 is 5.33. The zero-order valence-electron chi connectivity index (χ0n) is 11.0. The second-order valence-corrected chi connectivity index (χ2v) is 4.82. The van der Waals surface area contributed by atoms with Crippen LogP contribution in [0.1, 0.15) is 23.2 Å². The zero-order valence-corrected chi connectivity index (χ0v) is 11.0. The number of nitrogens with zero attached hydrogens (tertiary/aromatic N) is 1. The molecule has 0 aliphatic carbocycles. The molecular weight excluding hydrogens is 262 g/mol. The van der Waals surface area contributed by atoms with E-state index in [2.05, 4.69) is 5.32 Å². The maximum absolute atomic E-state index is 12.0. The number of carbonyl (C=O) groups excluding carboxylic acids is 1. The Labute approximate surface area is 116 Å². The van der Waals surface area contributed by atoms with Crippen LogP contribution in [0.2, 0.25) is 0 Å². The van der Waals surface area contributed by atoms with Crippen LogP contribution in [0.5, 0.6) is 0 Å². The lowest BCUT2D eigenvalue weighted by Gasteiger charge is -2.22. The molecule has 20 heavy (non-hydrogen) atoms. The summed E-state index contributed by atoms with van der Waals surface area (Å²) in [7, 11) is 0. The summed E-state index contributed by atoms with van der Waals surface area (Å²) in [6.45, 7) is 1.92. The van der Waals surface area contributed by atoms with Gasteiger partial charge >= 0.3 is 0 Å². The average molecular weight is 279 g/mol. The number of nitro groups is 1. The second-order valence-electron chi connectivity index (χ2n) is 4.82. The van der Waals surface area contributed by atoms with Gasteiger partial charge < -0.3 is 15.8 Å². The Morgan fingerprint density at radius 3 is 3.00 bits per heavy atom. The summed E-state index contributed by atoms with van der Waals surface area (Å²) >= 11 is 0. The minimum atomic E-state index is -0.596. The maximum atomic E-state index is 12.0. The molecule has 0 radical (unpaired) electrons. The minimum Gasteiger partial charge on any atom is -0.393 e. The maximum Gasteiger partial charge on any atom is 0.292 e. The highest BCUT2D eigenvalue weighted by molar-refractivity contribution is 5.95. The van der Waals surface area contributed by atoms with Crippen LogP contribution in [0.15, 0.2) is 18.2 Å². The first kappa shape index (κ1) is 14.3. The Balaban J connectivity index is 1.98. The first-order valence-electron chi connectivity index (χ1n) is 6.48. The van der Waals surface area contributed by atoms with Crippen molar-refractivity contribution in [3.8, 4) is 0 Å². The van der Waals surface area contributed by atoms with Gasteiger partial charge in [-0.1, -0.05) is 0 Å². The van der Waals surface area contributed by atoms with Gasteiger partial charge in [-0.25, -0.2) is 0 Å². The Kier molecular flexibility index (Phi) is 4.52. The van der Waals surface area contributed by atoms with Gasteiger partial charge in [0.1, 0.15) is 5.69 Å². The summed E-state index contributed by atoms with van der Waals surface area (Å²) in [5.74, 6) is -0.0323. The van der Waals surface area contributed by atoms with Crippen molar-refractivity contribution in [3.63, 3.8) is 0 Å². The van der Waals surface area contributed by atoms with E-state index < -0.39 is 4.92 Å². The van der Waals surface area contributed by atoms with Crippen molar-refractivity contribution < 1.29 is 14.5 Å². The molecule has 1 unspecified atom stereocenters. The lowest BCUT2D eigenvalue weighted by molar-refractivity contribution is -0.383. The van der Waals surface area contributed by atoms with Crippen molar-refractivity contribution in [1.29, 1.82) is 0 Å². The largest absolute Gasteiger partial charge is 0.393 e. The van der Waals surface area contributed by atoms with Gasteiger partial charge in [0.25, 0.3) is 11.6 Å². The van der Waals surface area contributed by atoms with Crippen LogP contribution in [0.3, 0.4) is 0 Å². The number of rotatable bonds is 4. The van der Waals surface area contributed by atoms with Gasteiger partial charge in [-0.15, -0.1) is 0 Å². The molecule has 1 amide bonds. The quantitative estimate of drug-likeness (QED) is 0.491. The molecule has 7 nitrogen and oxygen atoms in total. The van der Waals surface area contributed by atoms with Crippen LogP contribution < -0.4 is 11.1 Å². The molecule has 3 N–H and O–H groups in total. The van der Waals surface area contributed by atoms with E-state index >= 15 is 0 Å². The molecule has 2 rings (SSSR count). The summed E-state index contributed by atoms with van der Waals surface area (Å²) in [6.07, 6.45) is 2.01. The summed E-state index contributed by atoms with van der Waals surface area (Å²) in [5.41, 5.74) is 5.53. The number of nitrogens with one attached hydrogen (secondary N) is 1. The van der Waals surface area contributed by atoms with Crippen LogP contribution in [0.25, 0.3) is 0 Å². The van der Waals surface area contributed by atoms with Crippen LogP contribution in [-0.2, 0) is 4.74 Å².